The minimum Gasteiger partial charge on any atom is -0.366 e. The molecule has 1 aliphatic rings. The Hall–Kier alpha value is -2.41. The fourth-order valence-corrected chi connectivity index (χ4v) is 3.62. The number of hydrogen-bond donors (Lipinski definition) is 1. The molecule has 140 valence electrons. The van der Waals surface area contributed by atoms with E-state index in [0.29, 0.717) is 16.1 Å². The molecule has 2 aromatic carbocycles. The van der Waals surface area contributed by atoms with E-state index in [1.54, 1.807) is 16.8 Å². The third kappa shape index (κ3) is 3.69. The number of aromatic nitrogens is 2. The van der Waals surface area contributed by atoms with E-state index in [4.69, 9.17) is 17.3 Å². The maximum atomic E-state index is 11.6. The summed E-state index contributed by atoms with van der Waals surface area (Å²) in [6.07, 6.45) is 1.83. The maximum Gasteiger partial charge on any atom is 0.250 e. The zero-order chi connectivity index (χ0) is 19.0. The number of primary amides is 1. The highest BCUT2D eigenvalue weighted by Gasteiger charge is 2.15. The van der Waals surface area contributed by atoms with Crippen LogP contribution in [0.4, 0.5) is 0 Å². The first-order valence-corrected chi connectivity index (χ1v) is 9.37. The van der Waals surface area contributed by atoms with Gasteiger partial charge in [-0.2, -0.15) is 5.10 Å². The van der Waals surface area contributed by atoms with Crippen LogP contribution in [0.15, 0.2) is 42.6 Å². The van der Waals surface area contributed by atoms with Crippen molar-refractivity contribution < 1.29 is 4.79 Å². The minimum atomic E-state index is -0.510. The third-order valence-corrected chi connectivity index (χ3v) is 5.42. The molecule has 1 aromatic heterocycles. The van der Waals surface area contributed by atoms with Crippen LogP contribution >= 0.6 is 11.6 Å². The number of halogens is 1. The van der Waals surface area contributed by atoms with Gasteiger partial charge in [0, 0.05) is 44.3 Å². The average molecular weight is 384 g/mol. The van der Waals surface area contributed by atoms with Crippen LogP contribution < -0.4 is 5.73 Å². The molecule has 0 atom stereocenters. The van der Waals surface area contributed by atoms with E-state index in [-0.39, 0.29) is 0 Å². The minimum absolute atomic E-state index is 0.375. The number of amides is 1. The first kappa shape index (κ1) is 18.0. The van der Waals surface area contributed by atoms with E-state index >= 15 is 0 Å². The Morgan fingerprint density at radius 3 is 2.48 bits per heavy atom. The number of carbonyl (C=O) groups excluding carboxylic acids is 1. The highest BCUT2D eigenvalue weighted by Crippen LogP contribution is 2.27. The van der Waals surface area contributed by atoms with Gasteiger partial charge in [-0.05, 0) is 36.9 Å². The summed E-state index contributed by atoms with van der Waals surface area (Å²) in [5.41, 5.74) is 8.55. The molecule has 2 N–H and O–H groups in total. The van der Waals surface area contributed by atoms with Crippen molar-refractivity contribution in [3.05, 3.63) is 58.7 Å². The highest BCUT2D eigenvalue weighted by atomic mass is 35.5. The van der Waals surface area contributed by atoms with Crippen LogP contribution in [0.2, 0.25) is 5.02 Å². The molecule has 0 bridgehead atoms. The normalized spacial score (nSPS) is 16.1. The first-order valence-electron chi connectivity index (χ1n) is 8.99. The van der Waals surface area contributed by atoms with Crippen molar-refractivity contribution in [3.8, 4) is 5.69 Å². The average Bonchev–Trinajstić information content (AvgIpc) is 3.10. The van der Waals surface area contributed by atoms with Gasteiger partial charge in [0.15, 0.2) is 0 Å². The lowest BCUT2D eigenvalue weighted by molar-refractivity contribution is 0.100. The van der Waals surface area contributed by atoms with Crippen molar-refractivity contribution in [2.75, 3.05) is 33.2 Å². The third-order valence-electron chi connectivity index (χ3n) is 5.09. The number of hydrogen-bond acceptors (Lipinski definition) is 4. The standard InChI is InChI=1S/C20H22ClN5O/c1-24-8-10-25(11-9-24)12-14-2-4-15(5-3-14)26-13-17-18(21)7-6-16(20(22)27)19(17)23-26/h2-7,13H,8-12H2,1H3,(H2,22,27). The number of carbonyl (C=O) groups is 1. The fraction of sp³-hybridized carbons (Fsp3) is 0.300. The van der Waals surface area contributed by atoms with Crippen LogP contribution in [0.3, 0.4) is 0 Å². The number of fused-ring (bicyclic) bond motifs is 1. The van der Waals surface area contributed by atoms with Gasteiger partial charge in [-0.3, -0.25) is 9.69 Å². The second kappa shape index (κ2) is 7.31. The van der Waals surface area contributed by atoms with Crippen molar-refractivity contribution in [1.29, 1.82) is 0 Å². The van der Waals surface area contributed by atoms with Crippen LogP contribution in [-0.4, -0.2) is 58.7 Å². The Morgan fingerprint density at radius 2 is 1.81 bits per heavy atom. The summed E-state index contributed by atoms with van der Waals surface area (Å²) in [5.74, 6) is -0.510. The molecule has 7 heteroatoms. The van der Waals surface area contributed by atoms with Gasteiger partial charge < -0.3 is 10.6 Å². The Labute approximate surface area is 163 Å². The van der Waals surface area contributed by atoms with E-state index in [2.05, 4.69) is 34.1 Å². The lowest BCUT2D eigenvalue weighted by atomic mass is 10.1. The van der Waals surface area contributed by atoms with Gasteiger partial charge in [0.1, 0.15) is 5.52 Å². The van der Waals surface area contributed by atoms with Crippen molar-refractivity contribution in [3.63, 3.8) is 0 Å². The highest BCUT2D eigenvalue weighted by molar-refractivity contribution is 6.36. The fourth-order valence-electron chi connectivity index (χ4n) is 3.42. The first-order chi connectivity index (χ1) is 13.0. The molecular weight excluding hydrogens is 362 g/mol. The predicted molar refractivity (Wildman–Crippen MR) is 107 cm³/mol. The summed E-state index contributed by atoms with van der Waals surface area (Å²) in [7, 11) is 2.16. The van der Waals surface area contributed by atoms with Crippen LogP contribution in [0, 0.1) is 0 Å². The molecule has 1 fully saturated rings. The van der Waals surface area contributed by atoms with Gasteiger partial charge in [0.05, 0.1) is 16.3 Å². The van der Waals surface area contributed by atoms with Gasteiger partial charge in [0.2, 0.25) is 0 Å². The molecule has 1 amide bonds. The number of benzene rings is 2. The van der Waals surface area contributed by atoms with E-state index in [1.165, 1.54) is 5.56 Å². The molecule has 0 aliphatic carbocycles. The molecular formula is C20H22ClN5O. The number of nitrogens with zero attached hydrogens (tertiary/aromatic N) is 4. The van der Waals surface area contributed by atoms with Crippen LogP contribution in [0.5, 0.6) is 0 Å². The smallest absolute Gasteiger partial charge is 0.250 e. The quantitative estimate of drug-likeness (QED) is 0.751. The van der Waals surface area contributed by atoms with Gasteiger partial charge >= 0.3 is 0 Å². The van der Waals surface area contributed by atoms with Gasteiger partial charge in [-0.25, -0.2) is 4.68 Å². The van der Waals surface area contributed by atoms with Gasteiger partial charge in [-0.1, -0.05) is 23.7 Å². The Kier molecular flexibility index (Phi) is 4.86. The molecule has 1 aliphatic heterocycles. The van der Waals surface area contributed by atoms with E-state index < -0.39 is 5.91 Å². The zero-order valence-corrected chi connectivity index (χ0v) is 16.0. The molecule has 2 heterocycles. The summed E-state index contributed by atoms with van der Waals surface area (Å²) in [6.45, 7) is 5.36. The molecule has 3 aromatic rings. The summed E-state index contributed by atoms with van der Waals surface area (Å²) < 4.78 is 1.74. The second-order valence-corrected chi connectivity index (χ2v) is 7.45. The number of nitrogens with two attached hydrogens (primary N) is 1. The molecule has 27 heavy (non-hydrogen) atoms. The van der Waals surface area contributed by atoms with Crippen LogP contribution in [0.1, 0.15) is 15.9 Å². The Bertz CT molecular complexity index is 974. The monoisotopic (exact) mass is 383 g/mol. The summed E-state index contributed by atoms with van der Waals surface area (Å²) >= 11 is 6.26. The molecule has 0 radical (unpaired) electrons. The Morgan fingerprint density at radius 1 is 1.11 bits per heavy atom. The topological polar surface area (TPSA) is 67.4 Å². The number of likely N-dealkylation sites (N-methyl/N-ethyl adjacent to an activating group) is 1. The summed E-state index contributed by atoms with van der Waals surface area (Å²) in [5, 5.41) is 5.80. The SMILES string of the molecule is CN1CCN(Cc2ccc(-n3cc4c(Cl)ccc(C(N)=O)c4n3)cc2)CC1. The van der Waals surface area contributed by atoms with Crippen molar-refractivity contribution in [2.45, 2.75) is 6.54 Å². The summed E-state index contributed by atoms with van der Waals surface area (Å²) in [4.78, 5) is 16.5. The van der Waals surface area contributed by atoms with Crippen molar-refractivity contribution in [2.24, 2.45) is 5.73 Å². The predicted octanol–water partition coefficient (Wildman–Crippen LogP) is 2.53. The lowest BCUT2D eigenvalue weighted by Gasteiger charge is -2.32. The molecule has 0 spiro atoms. The Balaban J connectivity index is 1.58. The second-order valence-electron chi connectivity index (χ2n) is 7.04. The van der Waals surface area contributed by atoms with E-state index in [0.717, 1.165) is 43.8 Å². The van der Waals surface area contributed by atoms with Crippen LogP contribution in [-0.2, 0) is 6.54 Å². The zero-order valence-electron chi connectivity index (χ0n) is 15.2. The largest absolute Gasteiger partial charge is 0.366 e. The van der Waals surface area contributed by atoms with Crippen LogP contribution in [0.25, 0.3) is 16.6 Å². The number of rotatable bonds is 4. The molecule has 0 unspecified atom stereocenters. The van der Waals surface area contributed by atoms with Crippen molar-refractivity contribution in [1.82, 2.24) is 19.6 Å². The van der Waals surface area contributed by atoms with Gasteiger partial charge in [-0.15, -0.1) is 0 Å². The van der Waals surface area contributed by atoms with Crippen molar-refractivity contribution >= 4 is 28.4 Å². The molecule has 0 saturated carbocycles. The lowest BCUT2D eigenvalue weighted by Crippen LogP contribution is -2.43. The molecule has 1 saturated heterocycles. The van der Waals surface area contributed by atoms with E-state index in [9.17, 15) is 4.79 Å². The number of piperazine rings is 1. The maximum absolute atomic E-state index is 11.6. The summed E-state index contributed by atoms with van der Waals surface area (Å²) in [6, 6.07) is 11.6. The van der Waals surface area contributed by atoms with Gasteiger partial charge in [0.25, 0.3) is 5.91 Å². The molecule has 6 nitrogen and oxygen atoms in total. The molecule has 4 rings (SSSR count). The van der Waals surface area contributed by atoms with E-state index in [1.807, 2.05) is 18.3 Å².